The molecule has 0 fully saturated rings. The van der Waals surface area contributed by atoms with Gasteiger partial charge in [0, 0.05) is 43.7 Å². The number of nitrogens with one attached hydrogen (secondary N) is 1. The van der Waals surface area contributed by atoms with Crippen LogP contribution in [0.3, 0.4) is 0 Å². The van der Waals surface area contributed by atoms with Crippen LogP contribution in [0.25, 0.3) is 43.1 Å². The lowest BCUT2D eigenvalue weighted by atomic mass is 10.1. The van der Waals surface area contributed by atoms with Crippen LogP contribution in [-0.2, 0) is 20.2 Å². The zero-order chi connectivity index (χ0) is 45.5. The number of phenols is 2. The predicted octanol–water partition coefficient (Wildman–Crippen LogP) is 13.2. The van der Waals surface area contributed by atoms with Gasteiger partial charge in [0.25, 0.3) is 20.2 Å². The fourth-order valence-corrected chi connectivity index (χ4v) is 8.21. The summed E-state index contributed by atoms with van der Waals surface area (Å²) < 4.78 is 74.0. The van der Waals surface area contributed by atoms with E-state index in [4.69, 9.17) is 4.74 Å². The van der Waals surface area contributed by atoms with Crippen molar-refractivity contribution in [1.29, 1.82) is 0 Å². The number of hydrogen-bond donors (Lipinski definition) is 5. The Morgan fingerprint density at radius 2 is 0.954 bits per heavy atom. The van der Waals surface area contributed by atoms with Gasteiger partial charge in [-0.15, -0.1) is 25.6 Å². The molecule has 0 spiro atoms. The first-order chi connectivity index (χ1) is 31.2. The zero-order valence-electron chi connectivity index (χ0n) is 33.8. The molecule has 0 aliphatic carbocycles. The molecular formula is C47H33N7O9S2. The Balaban J connectivity index is 1.06. The molecule has 0 radical (unpaired) electrons. The van der Waals surface area contributed by atoms with Crippen LogP contribution in [0.4, 0.5) is 45.5 Å². The lowest BCUT2D eigenvalue weighted by Gasteiger charge is -2.10. The predicted molar refractivity (Wildman–Crippen MR) is 248 cm³/mol. The largest absolute Gasteiger partial charge is 0.507 e. The summed E-state index contributed by atoms with van der Waals surface area (Å²) in [4.78, 5) is -0.820. The first-order valence-corrected chi connectivity index (χ1v) is 22.3. The van der Waals surface area contributed by atoms with Gasteiger partial charge < -0.3 is 20.3 Å². The van der Waals surface area contributed by atoms with E-state index in [0.717, 1.165) is 27.9 Å². The second-order valence-electron chi connectivity index (χ2n) is 14.6. The second-order valence-corrected chi connectivity index (χ2v) is 17.4. The van der Waals surface area contributed by atoms with Gasteiger partial charge in [-0.3, -0.25) is 9.11 Å². The Hall–Kier alpha value is -8.16. The number of aromatic hydroxyl groups is 2. The molecule has 9 aromatic rings. The third-order valence-corrected chi connectivity index (χ3v) is 12.2. The maximum absolute atomic E-state index is 12.3. The average Bonchev–Trinajstić information content (AvgIpc) is 3.29. The smallest absolute Gasteiger partial charge is 0.294 e. The summed E-state index contributed by atoms with van der Waals surface area (Å²) in [5.41, 5.74) is 3.12. The van der Waals surface area contributed by atoms with Crippen molar-refractivity contribution < 1.29 is 40.9 Å². The highest BCUT2D eigenvalue weighted by Crippen LogP contribution is 2.42. The topological polar surface area (TPSA) is 245 Å². The van der Waals surface area contributed by atoms with Crippen molar-refractivity contribution in [2.24, 2.45) is 30.7 Å². The molecule has 0 bridgehead atoms. The summed E-state index contributed by atoms with van der Waals surface area (Å²) in [5, 5.41) is 55.0. The van der Waals surface area contributed by atoms with Crippen molar-refractivity contribution in [3.05, 3.63) is 152 Å². The van der Waals surface area contributed by atoms with Gasteiger partial charge in [-0.2, -0.15) is 21.9 Å². The normalized spacial score (nSPS) is 12.4. The summed E-state index contributed by atoms with van der Waals surface area (Å²) in [7, 11) is -7.70. The molecule has 0 heterocycles. The molecule has 0 saturated heterocycles. The number of ether oxygens (including phenoxy) is 1. The Bertz CT molecular complexity index is 3710. The van der Waals surface area contributed by atoms with E-state index in [1.165, 1.54) is 48.5 Å². The minimum absolute atomic E-state index is 0.0825. The molecule has 16 nitrogen and oxygen atoms in total. The Kier molecular flexibility index (Phi) is 10.9. The first kappa shape index (κ1) is 42.2. The molecule has 9 aromatic carbocycles. The van der Waals surface area contributed by atoms with Gasteiger partial charge >= 0.3 is 0 Å². The van der Waals surface area contributed by atoms with Crippen molar-refractivity contribution >= 4 is 109 Å². The molecule has 18 heteroatoms. The Morgan fingerprint density at radius 3 is 1.54 bits per heavy atom. The van der Waals surface area contributed by atoms with Crippen molar-refractivity contribution in [2.75, 3.05) is 12.4 Å². The number of anilines is 2. The highest BCUT2D eigenvalue weighted by molar-refractivity contribution is 7.86. The van der Waals surface area contributed by atoms with E-state index in [1.54, 1.807) is 67.8 Å². The lowest BCUT2D eigenvalue weighted by molar-refractivity contribution is 0.415. The molecule has 0 atom stereocenters. The Labute approximate surface area is 370 Å². The fraction of sp³-hybridized carbons (Fsp3) is 0.0213. The van der Waals surface area contributed by atoms with Gasteiger partial charge in [-0.05, 0) is 126 Å². The quantitative estimate of drug-likeness (QED) is 0.0607. The zero-order valence-corrected chi connectivity index (χ0v) is 35.4. The number of benzene rings is 9. The molecule has 65 heavy (non-hydrogen) atoms. The van der Waals surface area contributed by atoms with E-state index in [9.17, 15) is 36.2 Å². The number of rotatable bonds is 11. The number of phenolic OH excluding ortho intramolecular Hbond substituents is 2. The van der Waals surface area contributed by atoms with E-state index >= 15 is 0 Å². The highest BCUT2D eigenvalue weighted by atomic mass is 32.2. The Morgan fingerprint density at radius 1 is 0.446 bits per heavy atom. The van der Waals surface area contributed by atoms with Crippen molar-refractivity contribution in [2.45, 2.75) is 9.79 Å². The molecule has 0 aliphatic rings. The van der Waals surface area contributed by atoms with Crippen LogP contribution in [-0.4, -0.2) is 43.3 Å². The number of fused-ring (bicyclic) bond motifs is 4. The summed E-state index contributed by atoms with van der Waals surface area (Å²) in [6, 6.07) is 40.5. The molecule has 0 aliphatic heterocycles. The van der Waals surface area contributed by atoms with Crippen molar-refractivity contribution in [1.82, 2.24) is 0 Å². The van der Waals surface area contributed by atoms with E-state index in [0.29, 0.717) is 32.9 Å². The lowest BCUT2D eigenvalue weighted by Crippen LogP contribution is -1.97. The summed E-state index contributed by atoms with van der Waals surface area (Å²) in [6.07, 6.45) is 0. The van der Waals surface area contributed by atoms with E-state index in [1.807, 2.05) is 42.5 Å². The fourth-order valence-electron chi connectivity index (χ4n) is 7.20. The molecule has 9 rings (SSSR count). The van der Waals surface area contributed by atoms with Crippen LogP contribution in [0.1, 0.15) is 0 Å². The van der Waals surface area contributed by atoms with Crippen LogP contribution >= 0.6 is 0 Å². The van der Waals surface area contributed by atoms with Gasteiger partial charge in [0.2, 0.25) is 0 Å². The van der Waals surface area contributed by atoms with Gasteiger partial charge in [-0.25, -0.2) is 0 Å². The molecule has 0 saturated carbocycles. The third kappa shape index (κ3) is 8.77. The van der Waals surface area contributed by atoms with Crippen LogP contribution < -0.4 is 10.1 Å². The molecule has 0 unspecified atom stereocenters. The highest BCUT2D eigenvalue weighted by Gasteiger charge is 2.17. The van der Waals surface area contributed by atoms with Gasteiger partial charge in [-0.1, -0.05) is 36.4 Å². The number of hydrogen-bond acceptors (Lipinski definition) is 14. The van der Waals surface area contributed by atoms with E-state index in [2.05, 4.69) is 36.0 Å². The summed E-state index contributed by atoms with van der Waals surface area (Å²) in [6.45, 7) is 0. The first-order valence-electron chi connectivity index (χ1n) is 19.4. The van der Waals surface area contributed by atoms with Crippen molar-refractivity contribution in [3.63, 3.8) is 0 Å². The maximum atomic E-state index is 12.3. The van der Waals surface area contributed by atoms with Crippen LogP contribution in [0.2, 0.25) is 0 Å². The molecular weight excluding hydrogens is 871 g/mol. The van der Waals surface area contributed by atoms with E-state index < -0.39 is 30.0 Å². The SMILES string of the molecule is COc1ccc(Nc2ccc3c(O)c(N=Nc4ccc(N=Nc5ccc(N=Nc6ccc7cccc(O)c7c6)c6ccc(S(=O)(=O)O)cc56)c5ccc(S(=O)(=O)O)cc45)ccc3c2)cc1. The average molecular weight is 904 g/mol. The maximum Gasteiger partial charge on any atom is 0.294 e. The molecule has 5 N–H and O–H groups in total. The summed E-state index contributed by atoms with van der Waals surface area (Å²) in [5.74, 6) is 0.672. The van der Waals surface area contributed by atoms with Crippen LogP contribution in [0, 0.1) is 0 Å². The molecule has 0 amide bonds. The van der Waals surface area contributed by atoms with Crippen molar-refractivity contribution in [3.8, 4) is 17.2 Å². The van der Waals surface area contributed by atoms with E-state index in [-0.39, 0.29) is 45.0 Å². The number of azo groups is 3. The molecule has 322 valence electrons. The third-order valence-electron chi connectivity index (χ3n) is 10.5. The van der Waals surface area contributed by atoms with Crippen LogP contribution in [0.15, 0.2) is 192 Å². The second kappa shape index (κ2) is 16.8. The van der Waals surface area contributed by atoms with Gasteiger partial charge in [0.05, 0.1) is 45.3 Å². The number of nitrogens with zero attached hydrogens (tertiary/aromatic N) is 6. The van der Waals surface area contributed by atoms with Crippen LogP contribution in [0.5, 0.6) is 17.2 Å². The standard InChI is InChI=1S/C47H33N7O9S2/c1-63-32-11-8-29(9-12-32)48-30-10-15-35-28(23-30)6-18-45(47(35)56)54-53-44-22-20-42(37-17-14-34(26-40(37)44)65(60,61)62)51-52-43-21-19-41(36-16-13-33(25-39(36)43)64(57,58)59)50-49-31-7-5-27-3-2-4-46(55)38(27)24-31/h2-26,48,55-56H,1H3,(H,57,58,59)(H,60,61,62). The van der Waals surface area contributed by atoms with Gasteiger partial charge in [0.1, 0.15) is 17.2 Å². The summed E-state index contributed by atoms with van der Waals surface area (Å²) >= 11 is 0. The minimum Gasteiger partial charge on any atom is -0.507 e. The van der Waals surface area contributed by atoms with Gasteiger partial charge in [0.15, 0.2) is 5.75 Å². The minimum atomic E-state index is -4.66. The monoisotopic (exact) mass is 903 g/mol. The number of methoxy groups -OCH3 is 1. The molecule has 0 aromatic heterocycles.